The minimum Gasteiger partial charge on any atom is -0.309 e. The minimum atomic E-state index is -0.272. The molecule has 4 heteroatoms. The van der Waals surface area contributed by atoms with Crippen molar-refractivity contribution in [2.75, 3.05) is 13.3 Å². The van der Waals surface area contributed by atoms with Gasteiger partial charge in [-0.2, -0.15) is 0 Å². The van der Waals surface area contributed by atoms with E-state index in [0.717, 1.165) is 11.1 Å². The standard InChI is InChI=1S/C16H17ClFNS/c1-10-8-13(14(17)9-15(10)18)16(19-2)11-4-6-12(20-3)7-5-11/h4-9,16,19H,1-3H3. The highest BCUT2D eigenvalue weighted by atomic mass is 35.5. The molecule has 0 saturated heterocycles. The Morgan fingerprint density at radius 1 is 1.20 bits per heavy atom. The topological polar surface area (TPSA) is 12.0 Å². The molecule has 0 bridgehead atoms. The molecule has 1 nitrogen and oxygen atoms in total. The van der Waals surface area contributed by atoms with Gasteiger partial charge in [0.05, 0.1) is 6.04 Å². The summed E-state index contributed by atoms with van der Waals surface area (Å²) in [6.45, 7) is 1.75. The Morgan fingerprint density at radius 3 is 2.40 bits per heavy atom. The molecule has 1 N–H and O–H groups in total. The Morgan fingerprint density at radius 2 is 1.85 bits per heavy atom. The second-order valence-corrected chi connectivity index (χ2v) is 5.90. The van der Waals surface area contributed by atoms with Gasteiger partial charge in [-0.3, -0.25) is 0 Å². The van der Waals surface area contributed by atoms with Crippen molar-refractivity contribution in [2.24, 2.45) is 0 Å². The van der Waals surface area contributed by atoms with Crippen molar-refractivity contribution in [1.82, 2.24) is 5.32 Å². The molecule has 1 atom stereocenters. The molecule has 0 saturated carbocycles. The smallest absolute Gasteiger partial charge is 0.127 e. The Kier molecular flexibility index (Phi) is 5.08. The Bertz CT molecular complexity index is 598. The molecule has 0 aliphatic rings. The number of benzene rings is 2. The van der Waals surface area contributed by atoms with E-state index in [2.05, 4.69) is 29.6 Å². The van der Waals surface area contributed by atoms with Crippen molar-refractivity contribution < 1.29 is 4.39 Å². The molecule has 0 aliphatic carbocycles. The van der Waals surface area contributed by atoms with Crippen LogP contribution in [0.5, 0.6) is 0 Å². The van der Waals surface area contributed by atoms with Crippen LogP contribution in [-0.2, 0) is 0 Å². The lowest BCUT2D eigenvalue weighted by Crippen LogP contribution is -2.18. The van der Waals surface area contributed by atoms with E-state index in [-0.39, 0.29) is 11.9 Å². The third kappa shape index (κ3) is 3.17. The summed E-state index contributed by atoms with van der Waals surface area (Å²) >= 11 is 7.90. The number of aryl methyl sites for hydroxylation is 1. The van der Waals surface area contributed by atoms with E-state index in [1.165, 1.54) is 11.0 Å². The molecule has 0 fully saturated rings. The summed E-state index contributed by atoms with van der Waals surface area (Å²) in [5.74, 6) is -0.272. The van der Waals surface area contributed by atoms with Crippen LogP contribution in [0, 0.1) is 12.7 Å². The average molecular weight is 310 g/mol. The van der Waals surface area contributed by atoms with Crippen LogP contribution in [0.15, 0.2) is 41.3 Å². The van der Waals surface area contributed by atoms with Gasteiger partial charge in [0, 0.05) is 9.92 Å². The molecular weight excluding hydrogens is 293 g/mol. The number of hydrogen-bond acceptors (Lipinski definition) is 2. The molecule has 0 amide bonds. The van der Waals surface area contributed by atoms with Crippen LogP contribution in [0.4, 0.5) is 4.39 Å². The lowest BCUT2D eigenvalue weighted by molar-refractivity contribution is 0.614. The maximum Gasteiger partial charge on any atom is 0.127 e. The zero-order chi connectivity index (χ0) is 14.7. The fraction of sp³-hybridized carbons (Fsp3) is 0.250. The first-order valence-corrected chi connectivity index (χ1v) is 7.94. The summed E-state index contributed by atoms with van der Waals surface area (Å²) < 4.78 is 13.5. The monoisotopic (exact) mass is 309 g/mol. The Hall–Kier alpha value is -1.03. The molecule has 2 aromatic rings. The molecular formula is C16H17ClFNS. The highest BCUT2D eigenvalue weighted by Crippen LogP contribution is 2.31. The summed E-state index contributed by atoms with van der Waals surface area (Å²) in [4.78, 5) is 1.21. The summed E-state index contributed by atoms with van der Waals surface area (Å²) in [5.41, 5.74) is 2.61. The van der Waals surface area contributed by atoms with E-state index in [9.17, 15) is 4.39 Å². The van der Waals surface area contributed by atoms with Gasteiger partial charge in [-0.15, -0.1) is 11.8 Å². The highest BCUT2D eigenvalue weighted by molar-refractivity contribution is 7.98. The second kappa shape index (κ2) is 6.61. The normalized spacial score (nSPS) is 12.4. The third-order valence-corrected chi connectivity index (χ3v) is 4.40. The van der Waals surface area contributed by atoms with Gasteiger partial charge in [0.1, 0.15) is 5.82 Å². The molecule has 106 valence electrons. The van der Waals surface area contributed by atoms with E-state index < -0.39 is 0 Å². The minimum absolute atomic E-state index is 0.0438. The predicted molar refractivity (Wildman–Crippen MR) is 85.3 cm³/mol. The summed E-state index contributed by atoms with van der Waals surface area (Å²) in [5, 5.41) is 3.69. The van der Waals surface area contributed by atoms with Crippen LogP contribution >= 0.6 is 23.4 Å². The van der Waals surface area contributed by atoms with Crippen molar-refractivity contribution in [3.8, 4) is 0 Å². The number of nitrogens with one attached hydrogen (secondary N) is 1. The first-order valence-electron chi connectivity index (χ1n) is 6.33. The molecule has 0 heterocycles. The Labute approximate surface area is 128 Å². The predicted octanol–water partition coefficient (Wildman–Crippen LogP) is 4.82. The first kappa shape index (κ1) is 15.4. The van der Waals surface area contributed by atoms with Gasteiger partial charge in [-0.05, 0) is 61.2 Å². The van der Waals surface area contributed by atoms with E-state index in [1.54, 1.807) is 24.8 Å². The Balaban J connectivity index is 2.43. The average Bonchev–Trinajstić information content (AvgIpc) is 2.46. The fourth-order valence-corrected chi connectivity index (χ4v) is 2.87. The van der Waals surface area contributed by atoms with Crippen LogP contribution in [0.1, 0.15) is 22.7 Å². The molecule has 2 aromatic carbocycles. The van der Waals surface area contributed by atoms with Crippen molar-refractivity contribution in [2.45, 2.75) is 17.9 Å². The molecule has 20 heavy (non-hydrogen) atoms. The molecule has 0 spiro atoms. The highest BCUT2D eigenvalue weighted by Gasteiger charge is 2.17. The number of halogens is 2. The van der Waals surface area contributed by atoms with Crippen LogP contribution in [-0.4, -0.2) is 13.3 Å². The van der Waals surface area contributed by atoms with Crippen LogP contribution in [0.2, 0.25) is 5.02 Å². The van der Waals surface area contributed by atoms with Crippen LogP contribution in [0.3, 0.4) is 0 Å². The lowest BCUT2D eigenvalue weighted by Gasteiger charge is -2.19. The van der Waals surface area contributed by atoms with E-state index in [4.69, 9.17) is 11.6 Å². The van der Waals surface area contributed by atoms with Gasteiger partial charge in [0.2, 0.25) is 0 Å². The van der Waals surface area contributed by atoms with E-state index >= 15 is 0 Å². The first-order chi connectivity index (χ1) is 9.56. The molecule has 1 unspecified atom stereocenters. The van der Waals surface area contributed by atoms with Gasteiger partial charge < -0.3 is 5.32 Å². The SMILES string of the molecule is CNC(c1ccc(SC)cc1)c1cc(C)c(F)cc1Cl. The summed E-state index contributed by atoms with van der Waals surface area (Å²) in [6, 6.07) is 11.4. The van der Waals surface area contributed by atoms with Gasteiger partial charge in [0.25, 0.3) is 0 Å². The summed E-state index contributed by atoms with van der Waals surface area (Å²) in [6.07, 6.45) is 2.05. The number of rotatable bonds is 4. The van der Waals surface area contributed by atoms with Crippen LogP contribution in [0.25, 0.3) is 0 Å². The van der Waals surface area contributed by atoms with Crippen molar-refractivity contribution in [1.29, 1.82) is 0 Å². The fourth-order valence-electron chi connectivity index (χ4n) is 2.20. The van der Waals surface area contributed by atoms with Gasteiger partial charge in [-0.25, -0.2) is 4.39 Å². The van der Waals surface area contributed by atoms with Gasteiger partial charge in [0.15, 0.2) is 0 Å². The number of hydrogen-bond donors (Lipinski definition) is 1. The maximum atomic E-state index is 13.5. The summed E-state index contributed by atoms with van der Waals surface area (Å²) in [7, 11) is 1.88. The van der Waals surface area contributed by atoms with Gasteiger partial charge >= 0.3 is 0 Å². The molecule has 2 rings (SSSR count). The van der Waals surface area contributed by atoms with Crippen molar-refractivity contribution in [3.05, 3.63) is 63.9 Å². The number of thioether (sulfide) groups is 1. The van der Waals surface area contributed by atoms with Crippen molar-refractivity contribution in [3.63, 3.8) is 0 Å². The second-order valence-electron chi connectivity index (χ2n) is 4.62. The largest absolute Gasteiger partial charge is 0.309 e. The van der Waals surface area contributed by atoms with E-state index in [1.807, 2.05) is 13.3 Å². The third-order valence-electron chi connectivity index (χ3n) is 3.33. The van der Waals surface area contributed by atoms with Crippen molar-refractivity contribution >= 4 is 23.4 Å². The lowest BCUT2D eigenvalue weighted by atomic mass is 9.97. The zero-order valence-electron chi connectivity index (χ0n) is 11.7. The van der Waals surface area contributed by atoms with Gasteiger partial charge in [-0.1, -0.05) is 23.7 Å². The maximum absolute atomic E-state index is 13.5. The molecule has 0 aromatic heterocycles. The molecule has 0 radical (unpaired) electrons. The van der Waals surface area contributed by atoms with Crippen LogP contribution < -0.4 is 5.32 Å². The zero-order valence-corrected chi connectivity index (χ0v) is 13.3. The quantitative estimate of drug-likeness (QED) is 0.813. The van der Waals surface area contributed by atoms with E-state index in [0.29, 0.717) is 10.6 Å². The molecule has 0 aliphatic heterocycles.